The van der Waals surface area contributed by atoms with Crippen molar-refractivity contribution in [3.63, 3.8) is 0 Å². The van der Waals surface area contributed by atoms with Gasteiger partial charge in [0.05, 0.1) is 12.6 Å². The van der Waals surface area contributed by atoms with Gasteiger partial charge in [0.1, 0.15) is 0 Å². The van der Waals surface area contributed by atoms with Gasteiger partial charge in [-0.25, -0.2) is 8.42 Å². The van der Waals surface area contributed by atoms with Gasteiger partial charge in [0, 0.05) is 18.5 Å². The lowest BCUT2D eigenvalue weighted by molar-refractivity contribution is 0.158. The molecular formula is C25H25NO3S. The number of hydrogen-bond acceptors (Lipinski definition) is 4. The first kappa shape index (κ1) is 20.4. The summed E-state index contributed by atoms with van der Waals surface area (Å²) in [5.41, 5.74) is 4.05. The monoisotopic (exact) mass is 419 g/mol. The third-order valence-electron chi connectivity index (χ3n) is 5.96. The summed E-state index contributed by atoms with van der Waals surface area (Å²) in [6.45, 7) is 4.41. The van der Waals surface area contributed by atoms with Crippen molar-refractivity contribution in [2.24, 2.45) is 0 Å². The third-order valence-corrected chi connectivity index (χ3v) is 7.82. The molecule has 1 atom stereocenters. The second kappa shape index (κ2) is 7.74. The van der Waals surface area contributed by atoms with Gasteiger partial charge in [-0.15, -0.1) is 0 Å². The highest BCUT2D eigenvalue weighted by atomic mass is 32.2. The molecule has 1 fully saturated rings. The molecular weight excluding hydrogens is 394 g/mol. The first-order valence-electron chi connectivity index (χ1n) is 9.84. The minimum absolute atomic E-state index is 0.129. The molecule has 0 saturated carbocycles. The molecule has 5 heteroatoms. The Bertz CT molecular complexity index is 1120. The predicted octanol–water partition coefficient (Wildman–Crippen LogP) is 4.04. The Morgan fingerprint density at radius 1 is 0.967 bits per heavy atom. The molecule has 0 bridgehead atoms. The van der Waals surface area contributed by atoms with E-state index < -0.39 is 14.6 Å². The summed E-state index contributed by atoms with van der Waals surface area (Å²) < 4.78 is 24.9. The minimum atomic E-state index is -3.51. The van der Waals surface area contributed by atoms with Crippen LogP contribution < -0.4 is 0 Å². The summed E-state index contributed by atoms with van der Waals surface area (Å²) in [4.78, 5) is 2.07. The van der Waals surface area contributed by atoms with Crippen molar-refractivity contribution in [2.45, 2.75) is 17.4 Å². The average Bonchev–Trinajstić information content (AvgIpc) is 2.76. The van der Waals surface area contributed by atoms with E-state index in [4.69, 9.17) is 0 Å². The van der Waals surface area contributed by atoms with Crippen LogP contribution in [-0.2, 0) is 21.2 Å². The molecule has 0 aromatic heterocycles. The van der Waals surface area contributed by atoms with E-state index in [-0.39, 0.29) is 12.6 Å². The van der Waals surface area contributed by atoms with E-state index in [1.54, 1.807) is 18.2 Å². The highest BCUT2D eigenvalue weighted by Gasteiger charge is 2.57. The minimum Gasteiger partial charge on any atom is -0.392 e. The molecule has 1 heterocycles. The second-order valence-electron chi connectivity index (χ2n) is 7.76. The van der Waals surface area contributed by atoms with E-state index in [0.29, 0.717) is 23.4 Å². The number of nitrogens with zero attached hydrogens (tertiary/aromatic N) is 1. The zero-order chi connectivity index (χ0) is 21.4. The quantitative estimate of drug-likeness (QED) is 0.655. The third kappa shape index (κ3) is 3.24. The summed E-state index contributed by atoms with van der Waals surface area (Å²) in [5, 5.41) is 9.54. The van der Waals surface area contributed by atoms with Crippen LogP contribution in [0.5, 0.6) is 0 Å². The molecule has 4 rings (SSSR count). The van der Waals surface area contributed by atoms with Crippen molar-refractivity contribution in [1.82, 2.24) is 4.90 Å². The molecule has 4 nitrogen and oxygen atoms in total. The molecule has 1 aliphatic heterocycles. The number of rotatable bonds is 6. The predicted molar refractivity (Wildman–Crippen MR) is 119 cm³/mol. The van der Waals surface area contributed by atoms with Gasteiger partial charge < -0.3 is 10.0 Å². The van der Waals surface area contributed by atoms with Crippen molar-refractivity contribution in [3.8, 4) is 0 Å². The van der Waals surface area contributed by atoms with Crippen LogP contribution >= 0.6 is 0 Å². The Morgan fingerprint density at radius 2 is 1.53 bits per heavy atom. The van der Waals surface area contributed by atoms with Gasteiger partial charge in [0.25, 0.3) is 0 Å². The highest BCUT2D eigenvalue weighted by molar-refractivity contribution is 7.92. The summed E-state index contributed by atoms with van der Waals surface area (Å²) in [7, 11) is -3.51. The molecule has 0 radical (unpaired) electrons. The van der Waals surface area contributed by atoms with Crippen LogP contribution in [-0.4, -0.2) is 31.2 Å². The highest BCUT2D eigenvalue weighted by Crippen LogP contribution is 2.52. The Hall–Kier alpha value is -2.89. The molecule has 0 amide bonds. The van der Waals surface area contributed by atoms with Gasteiger partial charge in [-0.1, -0.05) is 91.5 Å². The maximum absolute atomic E-state index is 13.0. The van der Waals surface area contributed by atoms with E-state index >= 15 is 0 Å². The molecule has 3 aromatic rings. The Balaban J connectivity index is 1.80. The molecule has 154 valence electrons. The maximum atomic E-state index is 13.0. The van der Waals surface area contributed by atoms with E-state index in [1.165, 1.54) is 6.26 Å². The summed E-state index contributed by atoms with van der Waals surface area (Å²) >= 11 is 0. The van der Waals surface area contributed by atoms with E-state index in [0.717, 1.165) is 11.1 Å². The van der Waals surface area contributed by atoms with Gasteiger partial charge in [0.2, 0.25) is 0 Å². The van der Waals surface area contributed by atoms with Crippen LogP contribution in [0.1, 0.15) is 28.3 Å². The molecule has 1 N–H and O–H groups in total. The fourth-order valence-electron chi connectivity index (χ4n) is 4.36. The second-order valence-corrected chi connectivity index (χ2v) is 10.00. The van der Waals surface area contributed by atoms with Crippen molar-refractivity contribution < 1.29 is 13.5 Å². The number of likely N-dealkylation sites (tertiary alicyclic amines) is 1. The Kier molecular flexibility index (Phi) is 5.26. The largest absolute Gasteiger partial charge is 0.392 e. The SMILES string of the molecule is C=C1N(C(c2ccccc2)c2ccccc2)CC1(c1cccc(CO)c1)S(C)(=O)=O. The lowest BCUT2D eigenvalue weighted by atomic mass is 9.82. The molecule has 1 unspecified atom stereocenters. The molecule has 30 heavy (non-hydrogen) atoms. The van der Waals surface area contributed by atoms with Crippen molar-refractivity contribution in [1.29, 1.82) is 0 Å². The fraction of sp³-hybridized carbons (Fsp3) is 0.200. The van der Waals surface area contributed by atoms with E-state index in [1.807, 2.05) is 42.5 Å². The molecule has 3 aromatic carbocycles. The number of hydrogen-bond donors (Lipinski definition) is 1. The van der Waals surface area contributed by atoms with Crippen LogP contribution in [0.4, 0.5) is 0 Å². The Labute approximate surface area is 178 Å². The lowest BCUT2D eigenvalue weighted by Crippen LogP contribution is -2.61. The summed E-state index contributed by atoms with van der Waals surface area (Å²) in [5.74, 6) is 0. The van der Waals surface area contributed by atoms with Crippen LogP contribution in [0.3, 0.4) is 0 Å². The molecule has 1 saturated heterocycles. The normalized spacial score (nSPS) is 19.0. The maximum Gasteiger partial charge on any atom is 0.164 e. The smallest absolute Gasteiger partial charge is 0.164 e. The van der Waals surface area contributed by atoms with Crippen molar-refractivity contribution in [3.05, 3.63) is 119 Å². The van der Waals surface area contributed by atoms with Crippen LogP contribution in [0.25, 0.3) is 0 Å². The number of sulfone groups is 1. The number of aliphatic hydroxyl groups excluding tert-OH is 1. The van der Waals surface area contributed by atoms with Crippen LogP contribution in [0.2, 0.25) is 0 Å². The molecule has 0 spiro atoms. The van der Waals surface area contributed by atoms with Crippen LogP contribution in [0.15, 0.2) is 97.2 Å². The number of benzene rings is 3. The van der Waals surface area contributed by atoms with E-state index in [2.05, 4.69) is 35.7 Å². The number of aliphatic hydroxyl groups is 1. The fourth-order valence-corrected chi connectivity index (χ4v) is 5.84. The first-order valence-corrected chi connectivity index (χ1v) is 11.7. The standard InChI is InChI=1S/C25H25NO3S/c1-19-25(30(2,28)29,23-15-9-10-20(16-23)17-27)18-26(19)24(21-11-5-3-6-12-21)22-13-7-4-8-14-22/h3-16,24,27H,1,17-18H2,2H3. The lowest BCUT2D eigenvalue weighted by Gasteiger charge is -2.55. The van der Waals surface area contributed by atoms with Crippen LogP contribution in [0, 0.1) is 0 Å². The van der Waals surface area contributed by atoms with Gasteiger partial charge in [0.15, 0.2) is 14.6 Å². The van der Waals surface area contributed by atoms with Crippen molar-refractivity contribution >= 4 is 9.84 Å². The van der Waals surface area contributed by atoms with Gasteiger partial charge in [-0.05, 0) is 22.3 Å². The topological polar surface area (TPSA) is 57.6 Å². The Morgan fingerprint density at radius 3 is 2.00 bits per heavy atom. The van der Waals surface area contributed by atoms with Gasteiger partial charge >= 0.3 is 0 Å². The van der Waals surface area contributed by atoms with Gasteiger partial charge in [-0.2, -0.15) is 0 Å². The molecule has 1 aliphatic rings. The first-order chi connectivity index (χ1) is 14.4. The zero-order valence-corrected chi connectivity index (χ0v) is 17.7. The average molecular weight is 420 g/mol. The zero-order valence-electron chi connectivity index (χ0n) is 16.9. The van der Waals surface area contributed by atoms with Crippen molar-refractivity contribution in [2.75, 3.05) is 12.8 Å². The molecule has 0 aliphatic carbocycles. The van der Waals surface area contributed by atoms with E-state index in [9.17, 15) is 13.5 Å². The summed E-state index contributed by atoms with van der Waals surface area (Å²) in [6, 6.07) is 27.1. The van der Waals surface area contributed by atoms with Gasteiger partial charge in [-0.3, -0.25) is 0 Å². The summed E-state index contributed by atoms with van der Waals surface area (Å²) in [6.07, 6.45) is 1.27.